The standard InChI is InChI=1S/C11H21N3/c1-2-11(1)14-4-3-10(8-14)13-7-9-5-12-6-9/h9-13H,1-8H2. The van der Waals surface area contributed by atoms with Gasteiger partial charge < -0.3 is 10.6 Å². The average molecular weight is 195 g/mol. The molecule has 80 valence electrons. The number of hydrogen-bond donors (Lipinski definition) is 2. The van der Waals surface area contributed by atoms with Gasteiger partial charge in [0.1, 0.15) is 0 Å². The zero-order valence-corrected chi connectivity index (χ0v) is 8.84. The lowest BCUT2D eigenvalue weighted by molar-refractivity contribution is 0.296. The number of nitrogens with zero attached hydrogens (tertiary/aromatic N) is 1. The van der Waals surface area contributed by atoms with Gasteiger partial charge in [0.25, 0.3) is 0 Å². The maximum absolute atomic E-state index is 3.71. The summed E-state index contributed by atoms with van der Waals surface area (Å²) in [5.41, 5.74) is 0. The Morgan fingerprint density at radius 3 is 2.71 bits per heavy atom. The van der Waals surface area contributed by atoms with Crippen LogP contribution >= 0.6 is 0 Å². The van der Waals surface area contributed by atoms with Crippen molar-refractivity contribution in [3.63, 3.8) is 0 Å². The largest absolute Gasteiger partial charge is 0.316 e. The van der Waals surface area contributed by atoms with Gasteiger partial charge in [-0.15, -0.1) is 0 Å². The van der Waals surface area contributed by atoms with Crippen LogP contribution in [0.25, 0.3) is 0 Å². The molecule has 3 rings (SSSR count). The van der Waals surface area contributed by atoms with Gasteiger partial charge in [0.15, 0.2) is 0 Å². The van der Waals surface area contributed by atoms with Crippen molar-refractivity contribution in [3.8, 4) is 0 Å². The fraction of sp³-hybridized carbons (Fsp3) is 1.00. The Morgan fingerprint density at radius 1 is 1.21 bits per heavy atom. The van der Waals surface area contributed by atoms with Gasteiger partial charge in [-0.3, -0.25) is 4.90 Å². The maximum Gasteiger partial charge on any atom is 0.0207 e. The highest BCUT2D eigenvalue weighted by molar-refractivity contribution is 4.92. The topological polar surface area (TPSA) is 27.3 Å². The maximum atomic E-state index is 3.71. The number of rotatable bonds is 4. The van der Waals surface area contributed by atoms with E-state index in [9.17, 15) is 0 Å². The van der Waals surface area contributed by atoms with Crippen LogP contribution in [0.15, 0.2) is 0 Å². The number of hydrogen-bond acceptors (Lipinski definition) is 3. The summed E-state index contributed by atoms with van der Waals surface area (Å²) in [6.45, 7) is 6.34. The SMILES string of the molecule is C1NCC1CNC1CCN(C2CC2)C1. The van der Waals surface area contributed by atoms with Gasteiger partial charge in [-0.25, -0.2) is 0 Å². The lowest BCUT2D eigenvalue weighted by atomic mass is 10.0. The Kier molecular flexibility index (Phi) is 2.48. The molecule has 0 bridgehead atoms. The average Bonchev–Trinajstić information content (AvgIpc) is 2.85. The van der Waals surface area contributed by atoms with E-state index in [1.807, 2.05) is 0 Å². The highest BCUT2D eigenvalue weighted by atomic mass is 15.2. The van der Waals surface area contributed by atoms with E-state index in [2.05, 4.69) is 15.5 Å². The molecular formula is C11H21N3. The second-order valence-corrected chi connectivity index (χ2v) is 5.14. The Morgan fingerprint density at radius 2 is 2.07 bits per heavy atom. The molecule has 0 aromatic heterocycles. The molecule has 2 N–H and O–H groups in total. The quantitative estimate of drug-likeness (QED) is 0.663. The smallest absolute Gasteiger partial charge is 0.0207 e. The highest BCUT2D eigenvalue weighted by Crippen LogP contribution is 2.29. The molecule has 1 atom stereocenters. The zero-order chi connectivity index (χ0) is 9.38. The van der Waals surface area contributed by atoms with Crippen molar-refractivity contribution in [2.24, 2.45) is 5.92 Å². The van der Waals surface area contributed by atoms with E-state index in [1.165, 1.54) is 52.0 Å². The summed E-state index contributed by atoms with van der Waals surface area (Å²) >= 11 is 0. The molecule has 3 heteroatoms. The predicted octanol–water partition coefficient (Wildman–Crippen LogP) is 0.0321. The van der Waals surface area contributed by atoms with E-state index < -0.39 is 0 Å². The predicted molar refractivity (Wildman–Crippen MR) is 57.4 cm³/mol. The Bertz CT molecular complexity index is 199. The summed E-state index contributed by atoms with van der Waals surface area (Å²) in [6, 6.07) is 1.75. The molecular weight excluding hydrogens is 174 g/mol. The molecule has 14 heavy (non-hydrogen) atoms. The molecule has 0 aromatic rings. The fourth-order valence-electron chi connectivity index (χ4n) is 2.55. The molecule has 0 aromatic carbocycles. The van der Waals surface area contributed by atoms with E-state index in [4.69, 9.17) is 0 Å². The lowest BCUT2D eigenvalue weighted by Crippen LogP contribution is -2.49. The minimum Gasteiger partial charge on any atom is -0.316 e. The van der Waals surface area contributed by atoms with Gasteiger partial charge >= 0.3 is 0 Å². The first-order chi connectivity index (χ1) is 6.92. The summed E-state index contributed by atoms with van der Waals surface area (Å²) in [5, 5.41) is 7.04. The van der Waals surface area contributed by atoms with E-state index in [0.717, 1.165) is 18.0 Å². The second kappa shape index (κ2) is 3.80. The highest BCUT2D eigenvalue weighted by Gasteiger charge is 2.34. The molecule has 3 fully saturated rings. The molecule has 0 spiro atoms. The van der Waals surface area contributed by atoms with Gasteiger partial charge in [0, 0.05) is 44.8 Å². The Labute approximate surface area is 86.2 Å². The van der Waals surface area contributed by atoms with Crippen LogP contribution in [-0.4, -0.2) is 49.7 Å². The third-order valence-corrected chi connectivity index (χ3v) is 3.84. The molecule has 1 aliphatic carbocycles. The minimum absolute atomic E-state index is 0.788. The minimum atomic E-state index is 0.788. The van der Waals surface area contributed by atoms with Crippen molar-refractivity contribution in [2.75, 3.05) is 32.7 Å². The summed E-state index contributed by atoms with van der Waals surface area (Å²) < 4.78 is 0. The Balaban J connectivity index is 1.37. The number of likely N-dealkylation sites (tertiary alicyclic amines) is 1. The lowest BCUT2D eigenvalue weighted by Gasteiger charge is -2.28. The van der Waals surface area contributed by atoms with E-state index in [0.29, 0.717) is 0 Å². The van der Waals surface area contributed by atoms with Gasteiger partial charge in [-0.05, 0) is 25.2 Å². The third-order valence-electron chi connectivity index (χ3n) is 3.84. The van der Waals surface area contributed by atoms with Crippen molar-refractivity contribution in [3.05, 3.63) is 0 Å². The molecule has 2 aliphatic heterocycles. The molecule has 1 saturated carbocycles. The van der Waals surface area contributed by atoms with Crippen LogP contribution in [0.4, 0.5) is 0 Å². The van der Waals surface area contributed by atoms with Crippen LogP contribution in [0.2, 0.25) is 0 Å². The first kappa shape index (κ1) is 9.13. The first-order valence-electron chi connectivity index (χ1n) is 6.10. The third kappa shape index (κ3) is 1.95. The molecule has 2 saturated heterocycles. The molecule has 2 heterocycles. The van der Waals surface area contributed by atoms with E-state index in [-0.39, 0.29) is 0 Å². The zero-order valence-electron chi connectivity index (χ0n) is 8.84. The molecule has 0 amide bonds. The normalized spacial score (nSPS) is 34.7. The first-order valence-corrected chi connectivity index (χ1v) is 6.10. The molecule has 3 nitrogen and oxygen atoms in total. The van der Waals surface area contributed by atoms with Crippen LogP contribution in [0.1, 0.15) is 19.3 Å². The van der Waals surface area contributed by atoms with Crippen LogP contribution in [0.5, 0.6) is 0 Å². The van der Waals surface area contributed by atoms with Crippen molar-refractivity contribution in [1.82, 2.24) is 15.5 Å². The Hall–Kier alpha value is -0.120. The summed E-state index contributed by atoms with van der Waals surface area (Å²) in [5.74, 6) is 0.907. The van der Waals surface area contributed by atoms with Crippen molar-refractivity contribution >= 4 is 0 Å². The van der Waals surface area contributed by atoms with Crippen LogP contribution in [0.3, 0.4) is 0 Å². The van der Waals surface area contributed by atoms with Crippen LogP contribution in [0, 0.1) is 5.92 Å². The summed E-state index contributed by atoms with van der Waals surface area (Å²) in [4.78, 5) is 2.68. The van der Waals surface area contributed by atoms with Gasteiger partial charge in [0.05, 0.1) is 0 Å². The van der Waals surface area contributed by atoms with Gasteiger partial charge in [0.2, 0.25) is 0 Å². The monoisotopic (exact) mass is 195 g/mol. The fourth-order valence-corrected chi connectivity index (χ4v) is 2.55. The van der Waals surface area contributed by atoms with E-state index >= 15 is 0 Å². The summed E-state index contributed by atoms with van der Waals surface area (Å²) in [6.07, 6.45) is 4.29. The van der Waals surface area contributed by atoms with Crippen molar-refractivity contribution in [1.29, 1.82) is 0 Å². The van der Waals surface area contributed by atoms with Crippen LogP contribution < -0.4 is 10.6 Å². The summed E-state index contributed by atoms with van der Waals surface area (Å²) in [7, 11) is 0. The van der Waals surface area contributed by atoms with Gasteiger partial charge in [-0.1, -0.05) is 0 Å². The van der Waals surface area contributed by atoms with Crippen LogP contribution in [-0.2, 0) is 0 Å². The second-order valence-electron chi connectivity index (χ2n) is 5.14. The van der Waals surface area contributed by atoms with Crippen molar-refractivity contribution in [2.45, 2.75) is 31.3 Å². The number of nitrogens with one attached hydrogen (secondary N) is 2. The van der Waals surface area contributed by atoms with Gasteiger partial charge in [-0.2, -0.15) is 0 Å². The molecule has 3 aliphatic rings. The molecule has 0 radical (unpaired) electrons. The van der Waals surface area contributed by atoms with E-state index in [1.54, 1.807) is 0 Å². The van der Waals surface area contributed by atoms with Crippen molar-refractivity contribution < 1.29 is 0 Å². The molecule has 1 unspecified atom stereocenters.